The van der Waals surface area contributed by atoms with Gasteiger partial charge in [-0.1, -0.05) is 122 Å². The molecule has 0 radical (unpaired) electrons. The number of hydrogen-bond donors (Lipinski definition) is 4. The molecule has 21 nitrogen and oxygen atoms in total. The molecule has 4 N–H and O–H groups in total. The molecule has 1 aliphatic rings. The number of anilines is 6. The molecule has 0 spiro atoms. The Bertz CT molecular complexity index is 6940. The fourth-order valence-electron chi connectivity index (χ4n) is 15.3. The number of methoxy groups -OCH3 is 1. The molecular formula is C93H83Cl2N19O2. The molecule has 0 unspecified atom stereocenters. The van der Waals surface area contributed by atoms with Crippen LogP contribution >= 0.6 is 23.2 Å². The van der Waals surface area contributed by atoms with E-state index < -0.39 is 0 Å². The number of nitrogens with one attached hydrogen (secondary N) is 3. The van der Waals surface area contributed by atoms with Gasteiger partial charge < -0.3 is 30.7 Å². The van der Waals surface area contributed by atoms with E-state index in [2.05, 4.69) is 106 Å². The molecule has 23 heteroatoms. The Morgan fingerprint density at radius 1 is 0.483 bits per heavy atom. The molecule has 0 amide bonds. The Labute approximate surface area is 681 Å². The molecule has 1 saturated heterocycles. The second-order valence-electron chi connectivity index (χ2n) is 28.8. The van der Waals surface area contributed by atoms with Gasteiger partial charge in [0.1, 0.15) is 64.5 Å². The minimum atomic E-state index is 0.171. The van der Waals surface area contributed by atoms with Crippen LogP contribution in [0.2, 0.25) is 10.2 Å². The Balaban J connectivity index is 0.000000120. The minimum Gasteiger partial charge on any atom is -0.506 e. The van der Waals surface area contributed by atoms with Crippen LogP contribution in [-0.2, 0) is 17.6 Å². The molecule has 0 bridgehead atoms. The van der Waals surface area contributed by atoms with E-state index in [1.54, 1.807) is 13.2 Å². The monoisotopic (exact) mass is 1570 g/mol. The van der Waals surface area contributed by atoms with Crippen molar-refractivity contribution in [2.24, 2.45) is 0 Å². The molecular weight excluding hydrogens is 1490 g/mol. The third-order valence-electron chi connectivity index (χ3n) is 20.9. The van der Waals surface area contributed by atoms with E-state index >= 15 is 0 Å². The zero-order valence-corrected chi connectivity index (χ0v) is 67.4. The number of phenolic OH excluding ortho intramolecular Hbond substituents is 1. The number of phenols is 1. The largest absolute Gasteiger partial charge is 0.506 e. The number of aromatic nitrogens is 10. The zero-order valence-electron chi connectivity index (χ0n) is 65.9. The van der Waals surface area contributed by atoms with Gasteiger partial charge in [-0.05, 0) is 234 Å². The van der Waals surface area contributed by atoms with Crippen molar-refractivity contribution < 1.29 is 9.84 Å². The first kappa shape index (κ1) is 78.7. The zero-order chi connectivity index (χ0) is 81.6. The number of ether oxygens (including phenoxy) is 1. The predicted molar refractivity (Wildman–Crippen MR) is 466 cm³/mol. The van der Waals surface area contributed by atoms with Gasteiger partial charge in [-0.15, -0.1) is 0 Å². The lowest BCUT2D eigenvalue weighted by atomic mass is 10.0. The predicted octanol–water partition coefficient (Wildman–Crippen LogP) is 21.3. The average Bonchev–Trinajstić information content (AvgIpc) is 1.66. The number of nitrogens with zero attached hydrogens (tertiary/aromatic N) is 16. The maximum absolute atomic E-state index is 10.2. The number of imidazole rings is 5. The molecule has 11 heterocycles. The number of nitriles is 5. The summed E-state index contributed by atoms with van der Waals surface area (Å²) in [5.74, 6) is 3.96. The maximum atomic E-state index is 10.2. The molecule has 0 saturated carbocycles. The van der Waals surface area contributed by atoms with Crippen molar-refractivity contribution in [3.8, 4) is 36.1 Å². The van der Waals surface area contributed by atoms with Gasteiger partial charge in [-0.2, -0.15) is 26.3 Å². The molecule has 0 atom stereocenters. The lowest BCUT2D eigenvalue weighted by Crippen LogP contribution is -2.26. The Morgan fingerprint density at radius 3 is 1.34 bits per heavy atom. The number of fused-ring (bicyclic) bond motifs is 15. The summed E-state index contributed by atoms with van der Waals surface area (Å²) in [6.45, 7) is 23.2. The van der Waals surface area contributed by atoms with Crippen molar-refractivity contribution in [1.29, 1.82) is 26.3 Å². The van der Waals surface area contributed by atoms with Crippen LogP contribution in [0.15, 0.2) is 194 Å². The number of aromatic hydroxyl groups is 1. The summed E-state index contributed by atoms with van der Waals surface area (Å²) in [5.41, 5.74) is 25.9. The number of para-hydroxylation sites is 10. The van der Waals surface area contributed by atoms with E-state index in [1.165, 1.54) is 31.5 Å². The maximum Gasteiger partial charge on any atom is 0.157 e. The van der Waals surface area contributed by atoms with Gasteiger partial charge >= 0.3 is 0 Å². The van der Waals surface area contributed by atoms with Crippen LogP contribution < -0.4 is 20.9 Å². The van der Waals surface area contributed by atoms with E-state index in [0.717, 1.165) is 154 Å². The third-order valence-corrected chi connectivity index (χ3v) is 21.6. The number of allylic oxidation sites excluding steroid dienone is 1. The molecule has 0 aliphatic carbocycles. The lowest BCUT2D eigenvalue weighted by Gasteiger charge is -2.25. The van der Waals surface area contributed by atoms with E-state index in [9.17, 15) is 31.4 Å². The minimum absolute atomic E-state index is 0.171. The van der Waals surface area contributed by atoms with E-state index in [4.69, 9.17) is 32.9 Å². The van der Waals surface area contributed by atoms with Crippen LogP contribution in [0.25, 0.3) is 83.4 Å². The topological polar surface area (TPSA) is 274 Å². The Morgan fingerprint density at radius 2 is 0.888 bits per heavy atom. The third kappa shape index (κ3) is 15.2. The van der Waals surface area contributed by atoms with E-state index in [-0.39, 0.29) is 5.75 Å². The van der Waals surface area contributed by atoms with Crippen molar-refractivity contribution >= 4 is 141 Å². The van der Waals surface area contributed by atoms with Crippen molar-refractivity contribution in [3.05, 3.63) is 277 Å². The number of hydrogen-bond acceptors (Lipinski definition) is 16. The van der Waals surface area contributed by atoms with Crippen LogP contribution in [0, 0.1) is 98.2 Å². The van der Waals surface area contributed by atoms with Gasteiger partial charge in [-0.3, -0.25) is 22.0 Å². The fraction of sp³-hybridized carbons (Fsp3) is 0.204. The highest BCUT2D eigenvalue weighted by atomic mass is 35.5. The first-order chi connectivity index (χ1) is 56.3. The Hall–Kier alpha value is -14.0. The van der Waals surface area contributed by atoms with Crippen molar-refractivity contribution in [2.75, 3.05) is 54.2 Å². The van der Waals surface area contributed by atoms with Gasteiger partial charge in [-0.25, -0.2) is 24.9 Å². The Kier molecular flexibility index (Phi) is 23.2. The second-order valence-corrected chi connectivity index (χ2v) is 29.6. The highest BCUT2D eigenvalue weighted by Gasteiger charge is 2.25. The van der Waals surface area contributed by atoms with Crippen LogP contribution in [0.4, 0.5) is 34.6 Å². The number of rotatable bonds is 12. The number of pyridine rings is 5. The standard InChI is InChI=1S/C20H16N4O.C19H13ClN4.C19H20N4.C18H20N4O.C17H14ClN3/c1-12-7-8-18(25)16(9-12)22-19-10-13(2)14(11-21)20-23-15-5-3-4-6-17(15)24(19)20;1-12-10-18(22-14-8-6-13(20)7-9-14)24-17-5-3-2-4-16(17)23-19(24)15(12)11-21;1-14-12-18(22-10-6-2-3-7-11-22)23-17-9-5-4-8-16(17)21-19(23)15(14)13-20;1-4-13-12(2)14(11-19)18-21-15-7-5-6-8-16(15)22(18)17(13)20-9-10-23-3;1-10(2)8-12-11(3)13(9-19)17-20-14-6-4-5-7-15(14)21(17)16(12)18/h3-10,22,25H,1-2H3;2-10,22H,1H3;4-5,8-9,12H,2-3,6-7,10-11H2,1H3;5-8,20H,4,9-10H2,1-3H3;4-7H,1,8H2,2-3H3. The van der Waals surface area contributed by atoms with Crippen LogP contribution in [0.5, 0.6) is 5.75 Å². The molecule has 10 aromatic heterocycles. The molecule has 576 valence electrons. The van der Waals surface area contributed by atoms with Gasteiger partial charge in [0.2, 0.25) is 0 Å². The SMILES string of the molecule is C=C(C)Cc1c(C)c(C#N)c2nc3ccccc3n2c1Cl.CCc1c(C)c(C#N)c2nc3ccccc3n2c1NCCOC.Cc1cc(N2CCCCCC2)n2c(nc3ccccc32)c1C#N.Cc1cc(Nc2ccc(Cl)cc2)n2c(nc3ccccc32)c1C#N.Cc1ccc(O)c(Nc2cc(C)c(C#N)c3nc4ccccc4n23)c1. The molecule has 1 fully saturated rings. The van der Waals surface area contributed by atoms with Gasteiger partial charge in [0.25, 0.3) is 0 Å². The number of halogens is 2. The van der Waals surface area contributed by atoms with Gasteiger partial charge in [0.15, 0.2) is 28.2 Å². The fourth-order valence-corrected chi connectivity index (χ4v) is 15.8. The molecule has 1 aliphatic heterocycles. The summed E-state index contributed by atoms with van der Waals surface area (Å²) in [4.78, 5) is 25.7. The van der Waals surface area contributed by atoms with E-state index in [0.29, 0.717) is 85.8 Å². The van der Waals surface area contributed by atoms with Crippen molar-refractivity contribution in [1.82, 2.24) is 46.9 Å². The molecule has 116 heavy (non-hydrogen) atoms. The summed E-state index contributed by atoms with van der Waals surface area (Å²) in [5, 5.41) is 69.4. The van der Waals surface area contributed by atoms with Crippen molar-refractivity contribution in [2.45, 2.75) is 93.9 Å². The quantitative estimate of drug-likeness (QED) is 0.0383. The van der Waals surface area contributed by atoms with E-state index in [1.807, 2.05) is 225 Å². The second kappa shape index (κ2) is 34.2. The highest BCUT2D eigenvalue weighted by molar-refractivity contribution is 6.31. The normalized spacial score (nSPS) is 11.9. The lowest BCUT2D eigenvalue weighted by molar-refractivity contribution is 0.210. The van der Waals surface area contributed by atoms with Gasteiger partial charge in [0.05, 0.1) is 95.3 Å². The highest BCUT2D eigenvalue weighted by Crippen LogP contribution is 2.38. The van der Waals surface area contributed by atoms with Crippen LogP contribution in [0.3, 0.4) is 0 Å². The summed E-state index contributed by atoms with van der Waals surface area (Å²) < 4.78 is 15.2. The summed E-state index contributed by atoms with van der Waals surface area (Å²) in [6.07, 6.45) is 6.57. The molecule has 7 aromatic carbocycles. The summed E-state index contributed by atoms with van der Waals surface area (Å²) in [7, 11) is 1.69. The van der Waals surface area contributed by atoms with Crippen molar-refractivity contribution in [3.63, 3.8) is 0 Å². The first-order valence-electron chi connectivity index (χ1n) is 38.3. The number of benzene rings is 7. The molecule has 17 aromatic rings. The van der Waals surface area contributed by atoms with Gasteiger partial charge in [0, 0.05) is 37.5 Å². The average molecular weight is 1570 g/mol. The smallest absolute Gasteiger partial charge is 0.157 e. The van der Waals surface area contributed by atoms with Crippen LogP contribution in [0.1, 0.15) is 112 Å². The van der Waals surface area contributed by atoms with Crippen LogP contribution in [-0.4, -0.2) is 85.4 Å². The molecule has 18 rings (SSSR count). The summed E-state index contributed by atoms with van der Waals surface area (Å²) in [6, 6.07) is 69.9. The summed E-state index contributed by atoms with van der Waals surface area (Å²) >= 11 is 12.6. The first-order valence-corrected chi connectivity index (χ1v) is 39.0. The number of aryl methyl sites for hydroxylation is 4.